The van der Waals surface area contributed by atoms with Crippen molar-refractivity contribution in [2.75, 3.05) is 0 Å². The first-order valence-corrected chi connectivity index (χ1v) is 6.90. The maximum Gasteiger partial charge on any atom is 0.624 e. The molecule has 0 radical (unpaired) electrons. The topological polar surface area (TPSA) is 18.5 Å². The summed E-state index contributed by atoms with van der Waals surface area (Å²) in [6.45, 7) is 3.40. The van der Waals surface area contributed by atoms with Gasteiger partial charge in [-0.15, -0.1) is 6.58 Å². The summed E-state index contributed by atoms with van der Waals surface area (Å²) >= 11 is 0. The second kappa shape index (κ2) is 7.12. The molecule has 9 heteroatoms. The number of alkyl halides is 6. The zero-order valence-electron chi connectivity index (χ0n) is 12.6. The lowest BCUT2D eigenvalue weighted by molar-refractivity contribution is -0.138. The zero-order chi connectivity index (χ0) is 18.7. The van der Waals surface area contributed by atoms with Crippen molar-refractivity contribution in [3.8, 4) is 11.5 Å². The van der Waals surface area contributed by atoms with E-state index in [1.807, 2.05) is 0 Å². The molecule has 2 nitrogen and oxygen atoms in total. The van der Waals surface area contributed by atoms with Crippen molar-refractivity contribution >= 4 is 7.12 Å². The van der Waals surface area contributed by atoms with Gasteiger partial charge in [-0.2, -0.15) is 26.3 Å². The van der Waals surface area contributed by atoms with Crippen LogP contribution in [0.2, 0.25) is 0 Å². The van der Waals surface area contributed by atoms with Crippen molar-refractivity contribution in [3.63, 3.8) is 0 Å². The summed E-state index contributed by atoms with van der Waals surface area (Å²) in [5.41, 5.74) is -1.85. The van der Waals surface area contributed by atoms with Crippen LogP contribution in [0.5, 0.6) is 11.5 Å². The molecule has 0 unspecified atom stereocenters. The molecule has 0 aliphatic heterocycles. The lowest BCUT2D eigenvalue weighted by Crippen LogP contribution is -2.27. The monoisotopic (exact) mass is 360 g/mol. The largest absolute Gasteiger partial charge is 0.624 e. The van der Waals surface area contributed by atoms with Gasteiger partial charge in [0.25, 0.3) is 0 Å². The third-order valence-corrected chi connectivity index (χ3v) is 3.02. The van der Waals surface area contributed by atoms with Crippen LogP contribution in [0.15, 0.2) is 61.1 Å². The number of hydrogen-bond donors (Lipinski definition) is 0. The smallest absolute Gasteiger partial charge is 0.522 e. The van der Waals surface area contributed by atoms with E-state index >= 15 is 0 Å². The second-order valence-corrected chi connectivity index (χ2v) is 4.89. The number of halogens is 6. The minimum absolute atomic E-state index is 0.160. The molecule has 0 aliphatic carbocycles. The first-order chi connectivity index (χ1) is 11.6. The van der Waals surface area contributed by atoms with E-state index in [-0.39, 0.29) is 11.5 Å². The lowest BCUT2D eigenvalue weighted by Gasteiger charge is -2.16. The molecule has 0 aromatic heterocycles. The Morgan fingerprint density at radius 3 is 1.48 bits per heavy atom. The molecule has 2 aromatic carbocycles. The van der Waals surface area contributed by atoms with E-state index < -0.39 is 30.6 Å². The highest BCUT2D eigenvalue weighted by Gasteiger charge is 2.32. The standard InChI is InChI=1S/C16H11BF6O2/c1-2-17(24-13-7-3-5-11(9-13)15(18,19)20)25-14-8-4-6-12(10-14)16(21,22)23/h2-10H,1H2. The van der Waals surface area contributed by atoms with Crippen molar-refractivity contribution in [1.82, 2.24) is 0 Å². The van der Waals surface area contributed by atoms with E-state index in [0.717, 1.165) is 42.4 Å². The van der Waals surface area contributed by atoms with Crippen molar-refractivity contribution in [3.05, 3.63) is 72.2 Å². The van der Waals surface area contributed by atoms with Gasteiger partial charge in [0.1, 0.15) is 11.5 Å². The van der Waals surface area contributed by atoms with E-state index in [1.165, 1.54) is 12.1 Å². The first kappa shape index (κ1) is 18.8. The van der Waals surface area contributed by atoms with Crippen LogP contribution in [-0.4, -0.2) is 7.12 Å². The van der Waals surface area contributed by atoms with Crippen LogP contribution >= 0.6 is 0 Å². The van der Waals surface area contributed by atoms with Gasteiger partial charge in [0.2, 0.25) is 0 Å². The summed E-state index contributed by atoms with van der Waals surface area (Å²) in [5, 5.41) is 0. The van der Waals surface area contributed by atoms with Crippen LogP contribution in [0.25, 0.3) is 0 Å². The highest BCUT2D eigenvalue weighted by Crippen LogP contribution is 2.33. The zero-order valence-corrected chi connectivity index (χ0v) is 12.6. The average Bonchev–Trinajstić information content (AvgIpc) is 2.53. The minimum Gasteiger partial charge on any atom is -0.522 e. The molecule has 0 spiro atoms. The highest BCUT2D eigenvalue weighted by molar-refractivity contribution is 6.52. The Kier molecular flexibility index (Phi) is 5.34. The molecular formula is C16H11BF6O2. The third kappa shape index (κ3) is 5.20. The molecule has 2 aromatic rings. The van der Waals surface area contributed by atoms with E-state index in [0.29, 0.717) is 0 Å². The molecule has 25 heavy (non-hydrogen) atoms. The summed E-state index contributed by atoms with van der Waals surface area (Å²) in [4.78, 5) is 0. The lowest BCUT2D eigenvalue weighted by atomic mass is 9.90. The molecule has 0 heterocycles. The Morgan fingerprint density at radius 2 is 1.16 bits per heavy atom. The summed E-state index contributed by atoms with van der Waals surface area (Å²) in [6.07, 6.45) is -9.10. The molecular weight excluding hydrogens is 349 g/mol. The molecule has 0 amide bonds. The van der Waals surface area contributed by atoms with Crippen molar-refractivity contribution in [1.29, 1.82) is 0 Å². The van der Waals surface area contributed by atoms with Crippen LogP contribution in [0.3, 0.4) is 0 Å². The molecule has 0 saturated heterocycles. The number of hydrogen-bond acceptors (Lipinski definition) is 2. The van der Waals surface area contributed by atoms with Crippen LogP contribution in [0, 0.1) is 0 Å². The van der Waals surface area contributed by atoms with Gasteiger partial charge >= 0.3 is 19.5 Å². The minimum atomic E-state index is -4.55. The van der Waals surface area contributed by atoms with Gasteiger partial charge in [0.15, 0.2) is 0 Å². The van der Waals surface area contributed by atoms with Crippen LogP contribution in [0.1, 0.15) is 11.1 Å². The summed E-state index contributed by atoms with van der Waals surface area (Å²) in [5.74, 6) is 0.791. The number of benzene rings is 2. The maximum atomic E-state index is 12.7. The molecule has 0 aliphatic rings. The quantitative estimate of drug-likeness (QED) is 0.526. The van der Waals surface area contributed by atoms with Gasteiger partial charge in [0, 0.05) is 0 Å². The Labute approximate surface area is 139 Å². The van der Waals surface area contributed by atoms with Crippen LogP contribution in [0.4, 0.5) is 26.3 Å². The summed E-state index contributed by atoms with van der Waals surface area (Å²) in [7, 11) is -1.27. The number of rotatable bonds is 5. The Morgan fingerprint density at radius 1 is 0.760 bits per heavy atom. The van der Waals surface area contributed by atoms with Gasteiger partial charge in [-0.25, -0.2) is 0 Å². The van der Waals surface area contributed by atoms with Crippen molar-refractivity contribution < 1.29 is 35.7 Å². The van der Waals surface area contributed by atoms with Crippen LogP contribution < -0.4 is 9.31 Å². The SMILES string of the molecule is C=CB(Oc1cccc(C(F)(F)F)c1)Oc1cccc(C(F)(F)F)c1. The van der Waals surface area contributed by atoms with Gasteiger partial charge in [-0.3, -0.25) is 0 Å². The van der Waals surface area contributed by atoms with Crippen LogP contribution in [-0.2, 0) is 12.4 Å². The van der Waals surface area contributed by atoms with Gasteiger partial charge in [-0.05, 0) is 42.4 Å². The first-order valence-electron chi connectivity index (χ1n) is 6.90. The molecule has 0 saturated carbocycles. The van der Waals surface area contributed by atoms with E-state index in [2.05, 4.69) is 6.58 Å². The maximum absolute atomic E-state index is 12.7. The fraction of sp³-hybridized carbons (Fsp3) is 0.125. The summed E-state index contributed by atoms with van der Waals surface area (Å²) < 4.78 is 86.5. The van der Waals surface area contributed by atoms with Gasteiger partial charge < -0.3 is 9.31 Å². The normalized spacial score (nSPS) is 11.8. The molecule has 0 atom stereocenters. The molecule has 0 fully saturated rings. The summed E-state index contributed by atoms with van der Waals surface area (Å²) in [6, 6.07) is 8.05. The fourth-order valence-electron chi connectivity index (χ4n) is 1.88. The predicted octanol–water partition coefficient (Wildman–Crippen LogP) is 5.40. The highest BCUT2D eigenvalue weighted by atomic mass is 19.4. The Balaban J connectivity index is 2.15. The van der Waals surface area contributed by atoms with Crippen molar-refractivity contribution in [2.45, 2.75) is 12.4 Å². The fourth-order valence-corrected chi connectivity index (χ4v) is 1.88. The third-order valence-electron chi connectivity index (χ3n) is 3.02. The molecule has 0 bridgehead atoms. The Hall–Kier alpha value is -2.58. The van der Waals surface area contributed by atoms with Crippen molar-refractivity contribution in [2.24, 2.45) is 0 Å². The predicted molar refractivity (Wildman–Crippen MR) is 80.1 cm³/mol. The second-order valence-electron chi connectivity index (χ2n) is 4.89. The van der Waals surface area contributed by atoms with E-state index in [1.54, 1.807) is 0 Å². The molecule has 132 valence electrons. The van der Waals surface area contributed by atoms with Gasteiger partial charge in [0.05, 0.1) is 11.1 Å². The molecule has 2 rings (SSSR count). The van der Waals surface area contributed by atoms with E-state index in [9.17, 15) is 26.3 Å². The van der Waals surface area contributed by atoms with Gasteiger partial charge in [-0.1, -0.05) is 12.1 Å². The Bertz CT molecular complexity index is 682. The average molecular weight is 360 g/mol. The molecule has 0 N–H and O–H groups in total. The van der Waals surface area contributed by atoms with E-state index in [4.69, 9.17) is 9.31 Å².